The van der Waals surface area contributed by atoms with Gasteiger partial charge in [-0.05, 0) is 0 Å². The van der Waals surface area contributed by atoms with Crippen molar-refractivity contribution in [1.29, 1.82) is 0 Å². The zero-order valence-electron chi connectivity index (χ0n) is 11.5. The van der Waals surface area contributed by atoms with Crippen LogP contribution in [0.3, 0.4) is 0 Å². The highest BCUT2D eigenvalue weighted by Gasteiger charge is 2.28. The lowest BCUT2D eigenvalue weighted by atomic mass is 10.1. The van der Waals surface area contributed by atoms with Crippen LogP contribution in [0.15, 0.2) is 12.4 Å². The number of carbonyl (C=O) groups is 2. The van der Waals surface area contributed by atoms with Crippen LogP contribution in [0, 0.1) is 0 Å². The molecular weight excluding hydrogens is 274 g/mol. The molecule has 3 heterocycles. The second-order valence-electron chi connectivity index (χ2n) is 5.02. The van der Waals surface area contributed by atoms with Gasteiger partial charge >= 0.3 is 0 Å². The fourth-order valence-electron chi connectivity index (χ4n) is 2.33. The normalized spacial score (nSPS) is 22.9. The van der Waals surface area contributed by atoms with Crippen molar-refractivity contribution in [2.45, 2.75) is 12.5 Å². The summed E-state index contributed by atoms with van der Waals surface area (Å²) >= 11 is 0. The number of carbonyl (C=O) groups excluding carboxylic acids is 2. The number of Topliss-reactive ketones (excluding diaryl/α,β-unsaturated/α-hetero) is 1. The van der Waals surface area contributed by atoms with Gasteiger partial charge in [0.05, 0.1) is 25.4 Å². The Bertz CT molecular complexity index is 527. The zero-order chi connectivity index (χ0) is 14.7. The van der Waals surface area contributed by atoms with E-state index in [4.69, 9.17) is 4.74 Å². The molecule has 112 valence electrons. The van der Waals surface area contributed by atoms with Crippen LogP contribution >= 0.6 is 0 Å². The van der Waals surface area contributed by atoms with Crippen LogP contribution in [-0.2, 0) is 9.59 Å². The van der Waals surface area contributed by atoms with Gasteiger partial charge in [-0.3, -0.25) is 9.59 Å². The Morgan fingerprint density at radius 2 is 1.90 bits per heavy atom. The summed E-state index contributed by atoms with van der Waals surface area (Å²) < 4.78 is 5.49. The predicted octanol–water partition coefficient (Wildman–Crippen LogP) is -1.28. The lowest BCUT2D eigenvalue weighted by molar-refractivity contribution is -0.137. The van der Waals surface area contributed by atoms with E-state index in [2.05, 4.69) is 25.5 Å². The third-order valence-corrected chi connectivity index (χ3v) is 3.46. The standard InChI is InChI=1S/C13H17N5O3/c19-9-5-11(12(20)15-6-9)21-10-7-16-13(17-8-10)18-3-1-14-2-4-18/h7-8,11,14H,1-6H2,(H,15,20). The number of amides is 1. The highest BCUT2D eigenvalue weighted by atomic mass is 16.5. The van der Waals surface area contributed by atoms with Gasteiger partial charge < -0.3 is 20.3 Å². The molecule has 0 aromatic carbocycles. The number of nitrogens with zero attached hydrogens (tertiary/aromatic N) is 3. The number of piperazine rings is 1. The molecule has 2 saturated heterocycles. The Morgan fingerprint density at radius 1 is 1.19 bits per heavy atom. The molecule has 2 fully saturated rings. The Labute approximate surface area is 121 Å². The lowest BCUT2D eigenvalue weighted by Gasteiger charge is -2.27. The molecule has 0 bridgehead atoms. The minimum Gasteiger partial charge on any atom is -0.477 e. The lowest BCUT2D eigenvalue weighted by Crippen LogP contribution is -2.47. The average molecular weight is 291 g/mol. The quantitative estimate of drug-likeness (QED) is 0.716. The van der Waals surface area contributed by atoms with Gasteiger partial charge in [-0.25, -0.2) is 9.97 Å². The van der Waals surface area contributed by atoms with E-state index in [-0.39, 0.29) is 24.7 Å². The van der Waals surface area contributed by atoms with Gasteiger partial charge in [-0.2, -0.15) is 0 Å². The maximum absolute atomic E-state index is 11.6. The number of ether oxygens (including phenoxy) is 1. The number of nitrogens with one attached hydrogen (secondary N) is 2. The molecule has 1 atom stereocenters. The molecule has 8 heteroatoms. The maximum Gasteiger partial charge on any atom is 0.261 e. The summed E-state index contributed by atoms with van der Waals surface area (Å²) in [6.07, 6.45) is 2.37. The van der Waals surface area contributed by atoms with Gasteiger partial charge in [-0.1, -0.05) is 0 Å². The molecule has 0 saturated carbocycles. The minimum atomic E-state index is -0.792. The maximum atomic E-state index is 11.6. The summed E-state index contributed by atoms with van der Waals surface area (Å²) in [4.78, 5) is 33.5. The Kier molecular flexibility index (Phi) is 3.96. The van der Waals surface area contributed by atoms with Gasteiger partial charge in [0.15, 0.2) is 17.6 Å². The average Bonchev–Trinajstić information content (AvgIpc) is 2.53. The van der Waals surface area contributed by atoms with Crippen LogP contribution in [0.5, 0.6) is 5.75 Å². The van der Waals surface area contributed by atoms with Gasteiger partial charge in [0.1, 0.15) is 0 Å². The van der Waals surface area contributed by atoms with E-state index in [9.17, 15) is 9.59 Å². The molecular formula is C13H17N5O3. The molecule has 0 spiro atoms. The Morgan fingerprint density at radius 3 is 2.62 bits per heavy atom. The summed E-state index contributed by atoms with van der Waals surface area (Å²) in [5.41, 5.74) is 0. The molecule has 0 aliphatic carbocycles. The van der Waals surface area contributed by atoms with Gasteiger partial charge in [0.2, 0.25) is 5.95 Å². The van der Waals surface area contributed by atoms with Crippen LogP contribution in [0.1, 0.15) is 6.42 Å². The molecule has 8 nitrogen and oxygen atoms in total. The van der Waals surface area contributed by atoms with Crippen LogP contribution in [0.25, 0.3) is 0 Å². The van der Waals surface area contributed by atoms with Crippen LogP contribution in [-0.4, -0.2) is 60.5 Å². The van der Waals surface area contributed by atoms with Crippen molar-refractivity contribution in [1.82, 2.24) is 20.6 Å². The predicted molar refractivity (Wildman–Crippen MR) is 74.2 cm³/mol. The molecule has 2 N–H and O–H groups in total. The van der Waals surface area contributed by atoms with Crippen molar-refractivity contribution in [3.63, 3.8) is 0 Å². The number of piperidine rings is 1. The number of hydrogen-bond donors (Lipinski definition) is 2. The Balaban J connectivity index is 1.63. The van der Waals surface area contributed by atoms with Gasteiger partial charge in [-0.15, -0.1) is 0 Å². The van der Waals surface area contributed by atoms with Crippen LogP contribution in [0.2, 0.25) is 0 Å². The van der Waals surface area contributed by atoms with Crippen molar-refractivity contribution in [2.24, 2.45) is 0 Å². The first-order valence-electron chi connectivity index (χ1n) is 6.96. The van der Waals surface area contributed by atoms with E-state index in [1.54, 1.807) is 0 Å². The molecule has 2 aliphatic heterocycles. The van der Waals surface area contributed by atoms with E-state index >= 15 is 0 Å². The number of ketones is 1. The Hall–Kier alpha value is -2.22. The van der Waals surface area contributed by atoms with Gasteiger partial charge in [0, 0.05) is 26.2 Å². The summed E-state index contributed by atoms with van der Waals surface area (Å²) in [5.74, 6) is 0.718. The topological polar surface area (TPSA) is 96.5 Å². The van der Waals surface area contributed by atoms with E-state index < -0.39 is 6.10 Å². The van der Waals surface area contributed by atoms with E-state index in [0.717, 1.165) is 26.2 Å². The molecule has 1 aromatic rings. The monoisotopic (exact) mass is 291 g/mol. The summed E-state index contributed by atoms with van der Waals surface area (Å²) in [6.45, 7) is 3.62. The number of rotatable bonds is 3. The molecule has 0 radical (unpaired) electrons. The second-order valence-corrected chi connectivity index (χ2v) is 5.02. The van der Waals surface area contributed by atoms with E-state index in [0.29, 0.717) is 11.7 Å². The number of anilines is 1. The first-order chi connectivity index (χ1) is 10.2. The zero-order valence-corrected chi connectivity index (χ0v) is 11.5. The number of aromatic nitrogens is 2. The fourth-order valence-corrected chi connectivity index (χ4v) is 2.33. The van der Waals surface area contributed by atoms with Crippen molar-refractivity contribution in [3.8, 4) is 5.75 Å². The molecule has 21 heavy (non-hydrogen) atoms. The summed E-state index contributed by atoms with van der Waals surface area (Å²) in [7, 11) is 0. The number of hydrogen-bond acceptors (Lipinski definition) is 7. The van der Waals surface area contributed by atoms with Crippen molar-refractivity contribution in [2.75, 3.05) is 37.6 Å². The fraction of sp³-hybridized carbons (Fsp3) is 0.538. The van der Waals surface area contributed by atoms with Crippen LogP contribution in [0.4, 0.5) is 5.95 Å². The molecule has 3 rings (SSSR count). The molecule has 1 amide bonds. The second kappa shape index (κ2) is 6.04. The summed E-state index contributed by atoms with van der Waals surface area (Å²) in [5, 5.41) is 5.76. The molecule has 1 aromatic heterocycles. The molecule has 2 aliphatic rings. The van der Waals surface area contributed by atoms with Crippen LogP contribution < -0.4 is 20.3 Å². The highest BCUT2D eigenvalue weighted by Crippen LogP contribution is 2.16. The van der Waals surface area contributed by atoms with E-state index in [1.165, 1.54) is 12.4 Å². The van der Waals surface area contributed by atoms with Crippen molar-refractivity contribution < 1.29 is 14.3 Å². The smallest absolute Gasteiger partial charge is 0.261 e. The van der Waals surface area contributed by atoms with Crippen molar-refractivity contribution in [3.05, 3.63) is 12.4 Å². The third kappa shape index (κ3) is 3.27. The van der Waals surface area contributed by atoms with E-state index in [1.807, 2.05) is 0 Å². The first-order valence-corrected chi connectivity index (χ1v) is 6.96. The van der Waals surface area contributed by atoms with Crippen molar-refractivity contribution >= 4 is 17.6 Å². The largest absolute Gasteiger partial charge is 0.477 e. The molecule has 1 unspecified atom stereocenters. The summed E-state index contributed by atoms with van der Waals surface area (Å²) in [6, 6.07) is 0. The highest BCUT2D eigenvalue weighted by molar-refractivity contribution is 5.95. The first kappa shape index (κ1) is 13.7. The van der Waals surface area contributed by atoms with Gasteiger partial charge in [0.25, 0.3) is 5.91 Å². The SMILES string of the molecule is O=C1CNC(=O)C(Oc2cnc(N3CCNCC3)nc2)C1. The minimum absolute atomic E-state index is 0.0436. The third-order valence-electron chi connectivity index (χ3n) is 3.46.